The summed E-state index contributed by atoms with van der Waals surface area (Å²) in [6, 6.07) is 5.08. The number of hydrogen-bond donors (Lipinski definition) is 1. The van der Waals surface area contributed by atoms with E-state index in [0.717, 1.165) is 31.7 Å². The van der Waals surface area contributed by atoms with Gasteiger partial charge in [-0.05, 0) is 49.9 Å². The van der Waals surface area contributed by atoms with E-state index in [1.807, 2.05) is 11.0 Å². The Morgan fingerprint density at radius 2 is 2.04 bits per heavy atom. The SMILES string of the molecule is O=C(Nc1cnn2ccc(N3CCCC3c3cc(F)ccc3F)nc12)C1CC1. The van der Waals surface area contributed by atoms with Crippen molar-refractivity contribution in [2.75, 3.05) is 16.8 Å². The second-order valence-corrected chi connectivity index (χ2v) is 7.39. The normalized spacial score (nSPS) is 19.4. The lowest BCUT2D eigenvalue weighted by Crippen LogP contribution is -2.24. The third-order valence-electron chi connectivity index (χ3n) is 5.42. The monoisotopic (exact) mass is 383 g/mol. The third-order valence-corrected chi connectivity index (χ3v) is 5.42. The highest BCUT2D eigenvalue weighted by atomic mass is 19.1. The molecule has 1 aliphatic heterocycles. The molecule has 1 aromatic carbocycles. The number of nitrogens with one attached hydrogen (secondary N) is 1. The second kappa shape index (κ2) is 6.54. The minimum absolute atomic E-state index is 0.0111. The summed E-state index contributed by atoms with van der Waals surface area (Å²) in [5.74, 6) is -0.144. The minimum atomic E-state index is -0.451. The Morgan fingerprint density at radius 1 is 1.18 bits per heavy atom. The first-order chi connectivity index (χ1) is 13.6. The van der Waals surface area contributed by atoms with E-state index in [1.165, 1.54) is 12.1 Å². The first kappa shape index (κ1) is 17.1. The van der Waals surface area contributed by atoms with Crippen LogP contribution in [0.25, 0.3) is 5.65 Å². The Hall–Kier alpha value is -3.03. The number of carbonyl (C=O) groups excluding carboxylic acids is 1. The van der Waals surface area contributed by atoms with Gasteiger partial charge in [0.1, 0.15) is 23.1 Å². The van der Waals surface area contributed by atoms with Gasteiger partial charge in [0.15, 0.2) is 5.65 Å². The first-order valence-corrected chi connectivity index (χ1v) is 9.47. The molecule has 3 heterocycles. The number of anilines is 2. The molecule has 144 valence electrons. The average Bonchev–Trinajstić information content (AvgIpc) is 3.31. The highest BCUT2D eigenvalue weighted by molar-refractivity contribution is 5.96. The predicted octanol–water partition coefficient (Wildman–Crippen LogP) is 3.70. The number of amides is 1. The van der Waals surface area contributed by atoms with Crippen molar-refractivity contribution in [3.63, 3.8) is 0 Å². The molecule has 1 unspecified atom stereocenters. The van der Waals surface area contributed by atoms with Gasteiger partial charge in [0.05, 0.1) is 12.2 Å². The Labute approximate surface area is 160 Å². The standard InChI is InChI=1S/C20H19F2N5O/c21-13-5-6-15(22)14(10-13)17-2-1-8-26(17)18-7-9-27-19(25-18)16(11-23-27)24-20(28)12-3-4-12/h5-7,9-12,17H,1-4,8H2,(H,24,28). The molecule has 1 saturated heterocycles. The van der Waals surface area contributed by atoms with Gasteiger partial charge in [-0.3, -0.25) is 4.79 Å². The van der Waals surface area contributed by atoms with Crippen LogP contribution in [-0.4, -0.2) is 27.0 Å². The summed E-state index contributed by atoms with van der Waals surface area (Å²) >= 11 is 0. The fourth-order valence-corrected chi connectivity index (χ4v) is 3.82. The Balaban J connectivity index is 1.49. The van der Waals surface area contributed by atoms with E-state index in [0.29, 0.717) is 29.3 Å². The fraction of sp³-hybridized carbons (Fsp3) is 0.350. The Bertz CT molecular complexity index is 1060. The number of hydrogen-bond acceptors (Lipinski definition) is 4. The molecule has 1 saturated carbocycles. The lowest BCUT2D eigenvalue weighted by Gasteiger charge is -2.26. The van der Waals surface area contributed by atoms with Crippen molar-refractivity contribution < 1.29 is 13.6 Å². The zero-order valence-electron chi connectivity index (χ0n) is 15.1. The van der Waals surface area contributed by atoms with E-state index in [-0.39, 0.29) is 17.9 Å². The van der Waals surface area contributed by atoms with Crippen LogP contribution in [-0.2, 0) is 4.79 Å². The molecule has 8 heteroatoms. The molecule has 6 nitrogen and oxygen atoms in total. The summed E-state index contributed by atoms with van der Waals surface area (Å²) < 4.78 is 29.6. The maximum absolute atomic E-state index is 14.3. The topological polar surface area (TPSA) is 62.5 Å². The highest BCUT2D eigenvalue weighted by Gasteiger charge is 2.31. The third kappa shape index (κ3) is 2.98. The molecular weight excluding hydrogens is 364 g/mol. The average molecular weight is 383 g/mol. The fourth-order valence-electron chi connectivity index (χ4n) is 3.82. The van der Waals surface area contributed by atoms with Gasteiger partial charge in [-0.25, -0.2) is 18.3 Å². The van der Waals surface area contributed by atoms with Crippen LogP contribution in [0, 0.1) is 17.6 Å². The molecule has 0 bridgehead atoms. The van der Waals surface area contributed by atoms with E-state index < -0.39 is 11.6 Å². The van der Waals surface area contributed by atoms with Crippen molar-refractivity contribution in [1.82, 2.24) is 14.6 Å². The summed E-state index contributed by atoms with van der Waals surface area (Å²) in [6.45, 7) is 0.696. The summed E-state index contributed by atoms with van der Waals surface area (Å²) in [7, 11) is 0. The zero-order valence-corrected chi connectivity index (χ0v) is 15.1. The number of nitrogens with zero attached hydrogens (tertiary/aromatic N) is 4. The van der Waals surface area contributed by atoms with E-state index in [9.17, 15) is 13.6 Å². The van der Waals surface area contributed by atoms with Crippen molar-refractivity contribution in [2.24, 2.45) is 5.92 Å². The van der Waals surface area contributed by atoms with Gasteiger partial charge in [0.2, 0.25) is 5.91 Å². The summed E-state index contributed by atoms with van der Waals surface area (Å²) in [6.07, 6.45) is 6.76. The molecular formula is C20H19F2N5O. The van der Waals surface area contributed by atoms with Crippen molar-refractivity contribution in [1.29, 1.82) is 0 Å². The quantitative estimate of drug-likeness (QED) is 0.746. The smallest absolute Gasteiger partial charge is 0.227 e. The van der Waals surface area contributed by atoms with Crippen LogP contribution in [0.4, 0.5) is 20.3 Å². The molecule has 0 spiro atoms. The van der Waals surface area contributed by atoms with E-state index in [4.69, 9.17) is 0 Å². The number of benzene rings is 1. The lowest BCUT2D eigenvalue weighted by atomic mass is 10.0. The zero-order chi connectivity index (χ0) is 19.3. The molecule has 2 fully saturated rings. The lowest BCUT2D eigenvalue weighted by molar-refractivity contribution is -0.117. The largest absolute Gasteiger partial charge is 0.349 e. The van der Waals surface area contributed by atoms with Gasteiger partial charge < -0.3 is 10.2 Å². The van der Waals surface area contributed by atoms with Crippen molar-refractivity contribution >= 4 is 23.1 Å². The molecule has 5 rings (SSSR count). The first-order valence-electron chi connectivity index (χ1n) is 9.47. The molecule has 3 aromatic rings. The van der Waals surface area contributed by atoms with Gasteiger partial charge >= 0.3 is 0 Å². The molecule has 1 atom stereocenters. The second-order valence-electron chi connectivity index (χ2n) is 7.39. The maximum Gasteiger partial charge on any atom is 0.227 e. The molecule has 1 N–H and O–H groups in total. The highest BCUT2D eigenvalue weighted by Crippen LogP contribution is 2.37. The molecule has 1 aliphatic carbocycles. The van der Waals surface area contributed by atoms with Crippen molar-refractivity contribution in [3.8, 4) is 0 Å². The summed E-state index contributed by atoms with van der Waals surface area (Å²) in [4.78, 5) is 18.8. The number of rotatable bonds is 4. The van der Waals surface area contributed by atoms with Crippen molar-refractivity contribution in [3.05, 3.63) is 53.9 Å². The van der Waals surface area contributed by atoms with Crippen LogP contribution >= 0.6 is 0 Å². The molecule has 2 aliphatic rings. The van der Waals surface area contributed by atoms with Crippen LogP contribution in [0.15, 0.2) is 36.7 Å². The van der Waals surface area contributed by atoms with Crippen LogP contribution in [0.2, 0.25) is 0 Å². The Morgan fingerprint density at radius 3 is 2.86 bits per heavy atom. The van der Waals surface area contributed by atoms with Crippen molar-refractivity contribution in [2.45, 2.75) is 31.7 Å². The minimum Gasteiger partial charge on any atom is -0.349 e. The molecule has 1 amide bonds. The van der Waals surface area contributed by atoms with Gasteiger partial charge in [-0.2, -0.15) is 5.10 Å². The van der Waals surface area contributed by atoms with Gasteiger partial charge in [0, 0.05) is 24.2 Å². The van der Waals surface area contributed by atoms with Gasteiger partial charge in [-0.15, -0.1) is 0 Å². The van der Waals surface area contributed by atoms with Crippen LogP contribution in [0.5, 0.6) is 0 Å². The van der Waals surface area contributed by atoms with E-state index >= 15 is 0 Å². The van der Waals surface area contributed by atoms with E-state index in [1.54, 1.807) is 16.9 Å². The number of aromatic nitrogens is 3. The van der Waals surface area contributed by atoms with Gasteiger partial charge in [-0.1, -0.05) is 0 Å². The van der Waals surface area contributed by atoms with Crippen LogP contribution < -0.4 is 10.2 Å². The van der Waals surface area contributed by atoms with Crippen LogP contribution in [0.3, 0.4) is 0 Å². The molecule has 0 radical (unpaired) electrons. The van der Waals surface area contributed by atoms with Crippen LogP contribution in [0.1, 0.15) is 37.3 Å². The number of halogens is 2. The Kier molecular flexibility index (Phi) is 3.99. The molecule has 28 heavy (non-hydrogen) atoms. The van der Waals surface area contributed by atoms with E-state index in [2.05, 4.69) is 15.4 Å². The predicted molar refractivity (Wildman–Crippen MR) is 100 cm³/mol. The maximum atomic E-state index is 14.3. The molecule has 2 aromatic heterocycles. The number of carbonyl (C=O) groups is 1. The van der Waals surface area contributed by atoms with Gasteiger partial charge in [0.25, 0.3) is 0 Å². The summed E-state index contributed by atoms with van der Waals surface area (Å²) in [5, 5.41) is 7.12. The number of fused-ring (bicyclic) bond motifs is 1. The summed E-state index contributed by atoms with van der Waals surface area (Å²) in [5.41, 5.74) is 1.44.